The second-order valence-corrected chi connectivity index (χ2v) is 6.73. The van der Waals surface area contributed by atoms with Gasteiger partial charge in [-0.15, -0.1) is 0 Å². The fourth-order valence-corrected chi connectivity index (χ4v) is 2.95. The average Bonchev–Trinajstić information content (AvgIpc) is 2.48. The van der Waals surface area contributed by atoms with Crippen molar-refractivity contribution in [3.8, 4) is 5.75 Å². The van der Waals surface area contributed by atoms with E-state index in [0.29, 0.717) is 6.61 Å². The molecule has 2 aromatic rings. The Bertz CT molecular complexity index is 601. The van der Waals surface area contributed by atoms with Gasteiger partial charge in [0.2, 0.25) is 0 Å². The molecule has 2 rings (SSSR count). The standard InChI is InChI=1S/C17H19Br2NO/c1-2-14(20)9-12-7-8-17(16(19)10-12)21-11-13-5-3-4-6-15(13)18/h3-8,10,14H,2,9,11,20H2,1H3. The summed E-state index contributed by atoms with van der Waals surface area (Å²) in [5, 5.41) is 0. The van der Waals surface area contributed by atoms with Gasteiger partial charge in [0.05, 0.1) is 4.47 Å². The third-order valence-electron chi connectivity index (χ3n) is 3.36. The van der Waals surface area contributed by atoms with Crippen molar-refractivity contribution in [2.75, 3.05) is 0 Å². The van der Waals surface area contributed by atoms with Crippen LogP contribution in [0.3, 0.4) is 0 Å². The number of rotatable bonds is 6. The van der Waals surface area contributed by atoms with Crippen molar-refractivity contribution in [2.24, 2.45) is 5.73 Å². The van der Waals surface area contributed by atoms with Crippen molar-refractivity contribution in [2.45, 2.75) is 32.4 Å². The lowest BCUT2D eigenvalue weighted by atomic mass is 10.0. The first-order valence-electron chi connectivity index (χ1n) is 7.00. The van der Waals surface area contributed by atoms with Gasteiger partial charge in [0.1, 0.15) is 12.4 Å². The zero-order chi connectivity index (χ0) is 15.2. The van der Waals surface area contributed by atoms with Crippen molar-refractivity contribution >= 4 is 31.9 Å². The second-order valence-electron chi connectivity index (χ2n) is 5.02. The number of benzene rings is 2. The molecule has 0 fully saturated rings. The molecule has 0 aromatic heterocycles. The molecule has 0 saturated heterocycles. The van der Waals surface area contributed by atoms with Gasteiger partial charge in [-0.3, -0.25) is 0 Å². The number of ether oxygens (including phenoxy) is 1. The molecule has 0 aliphatic carbocycles. The van der Waals surface area contributed by atoms with Crippen LogP contribution in [0.5, 0.6) is 5.75 Å². The van der Waals surface area contributed by atoms with Crippen LogP contribution in [0.25, 0.3) is 0 Å². The molecule has 0 spiro atoms. The molecule has 21 heavy (non-hydrogen) atoms. The van der Waals surface area contributed by atoms with Gasteiger partial charge in [-0.25, -0.2) is 0 Å². The molecule has 0 aliphatic rings. The van der Waals surface area contributed by atoms with E-state index in [2.05, 4.69) is 50.9 Å². The monoisotopic (exact) mass is 411 g/mol. The summed E-state index contributed by atoms with van der Waals surface area (Å²) in [5.41, 5.74) is 8.35. The first-order valence-corrected chi connectivity index (χ1v) is 8.59. The predicted molar refractivity (Wildman–Crippen MR) is 94.6 cm³/mol. The molecule has 0 saturated carbocycles. The largest absolute Gasteiger partial charge is 0.488 e. The Hall–Kier alpha value is -0.840. The molecule has 2 aromatic carbocycles. The van der Waals surface area contributed by atoms with Gasteiger partial charge in [0.15, 0.2) is 0 Å². The quantitative estimate of drug-likeness (QED) is 0.718. The average molecular weight is 413 g/mol. The third-order valence-corrected chi connectivity index (χ3v) is 4.75. The summed E-state index contributed by atoms with van der Waals surface area (Å²) in [7, 11) is 0. The zero-order valence-corrected chi connectivity index (χ0v) is 15.2. The molecule has 1 unspecified atom stereocenters. The van der Waals surface area contributed by atoms with Crippen LogP contribution in [-0.2, 0) is 13.0 Å². The van der Waals surface area contributed by atoms with E-state index < -0.39 is 0 Å². The highest BCUT2D eigenvalue weighted by molar-refractivity contribution is 9.10. The van der Waals surface area contributed by atoms with Crippen LogP contribution in [0.2, 0.25) is 0 Å². The van der Waals surface area contributed by atoms with Crippen LogP contribution in [0.4, 0.5) is 0 Å². The second kappa shape index (κ2) is 7.97. The van der Waals surface area contributed by atoms with Crippen LogP contribution in [0.15, 0.2) is 51.4 Å². The predicted octanol–water partition coefficient (Wildman–Crippen LogP) is 5.07. The maximum Gasteiger partial charge on any atom is 0.134 e. The summed E-state index contributed by atoms with van der Waals surface area (Å²) in [4.78, 5) is 0. The molecule has 2 N–H and O–H groups in total. The maximum atomic E-state index is 5.99. The van der Waals surface area contributed by atoms with Crippen molar-refractivity contribution in [3.05, 3.63) is 62.5 Å². The van der Waals surface area contributed by atoms with E-state index in [1.54, 1.807) is 0 Å². The summed E-state index contributed by atoms with van der Waals surface area (Å²) in [6, 6.07) is 14.4. The summed E-state index contributed by atoms with van der Waals surface area (Å²) < 4.78 is 7.91. The van der Waals surface area contributed by atoms with E-state index in [1.807, 2.05) is 30.3 Å². The number of hydrogen-bond donors (Lipinski definition) is 1. The Morgan fingerprint density at radius 3 is 2.52 bits per heavy atom. The Balaban J connectivity index is 2.03. The molecule has 0 amide bonds. The fourth-order valence-electron chi connectivity index (χ4n) is 2.01. The topological polar surface area (TPSA) is 35.2 Å². The first kappa shape index (κ1) is 16.5. The van der Waals surface area contributed by atoms with Crippen molar-refractivity contribution < 1.29 is 4.74 Å². The summed E-state index contributed by atoms with van der Waals surface area (Å²) in [6.07, 6.45) is 1.87. The van der Waals surface area contributed by atoms with Gasteiger partial charge in [-0.2, -0.15) is 0 Å². The zero-order valence-electron chi connectivity index (χ0n) is 12.0. The minimum absolute atomic E-state index is 0.212. The van der Waals surface area contributed by atoms with Crippen LogP contribution in [0.1, 0.15) is 24.5 Å². The third kappa shape index (κ3) is 4.83. The summed E-state index contributed by atoms with van der Waals surface area (Å²) in [6.45, 7) is 2.64. The molecule has 0 radical (unpaired) electrons. The Kier molecular flexibility index (Phi) is 6.27. The molecule has 4 heteroatoms. The van der Waals surface area contributed by atoms with E-state index in [1.165, 1.54) is 5.56 Å². The van der Waals surface area contributed by atoms with Gasteiger partial charge in [-0.1, -0.05) is 47.1 Å². The van der Waals surface area contributed by atoms with E-state index in [0.717, 1.165) is 33.1 Å². The van der Waals surface area contributed by atoms with Crippen LogP contribution in [-0.4, -0.2) is 6.04 Å². The van der Waals surface area contributed by atoms with Crippen molar-refractivity contribution in [1.29, 1.82) is 0 Å². The highest BCUT2D eigenvalue weighted by Crippen LogP contribution is 2.28. The minimum Gasteiger partial charge on any atom is -0.488 e. The lowest BCUT2D eigenvalue weighted by Gasteiger charge is -2.12. The fraction of sp³-hybridized carbons (Fsp3) is 0.294. The van der Waals surface area contributed by atoms with Crippen molar-refractivity contribution in [1.82, 2.24) is 0 Å². The number of nitrogens with two attached hydrogens (primary N) is 1. The summed E-state index contributed by atoms with van der Waals surface area (Å²) >= 11 is 7.10. The smallest absolute Gasteiger partial charge is 0.134 e. The number of halogens is 2. The molecule has 0 aliphatic heterocycles. The van der Waals surface area contributed by atoms with Crippen LogP contribution >= 0.6 is 31.9 Å². The molecule has 1 atom stereocenters. The molecular formula is C17H19Br2NO. The first-order chi connectivity index (χ1) is 10.1. The van der Waals surface area contributed by atoms with E-state index in [4.69, 9.17) is 10.5 Å². The summed E-state index contributed by atoms with van der Waals surface area (Å²) in [5.74, 6) is 0.847. The lowest BCUT2D eigenvalue weighted by Crippen LogP contribution is -2.21. The van der Waals surface area contributed by atoms with E-state index in [-0.39, 0.29) is 6.04 Å². The lowest BCUT2D eigenvalue weighted by molar-refractivity contribution is 0.303. The highest BCUT2D eigenvalue weighted by Gasteiger charge is 2.07. The Morgan fingerprint density at radius 2 is 1.86 bits per heavy atom. The molecule has 112 valence electrons. The van der Waals surface area contributed by atoms with Gasteiger partial charge >= 0.3 is 0 Å². The molecule has 0 bridgehead atoms. The highest BCUT2D eigenvalue weighted by atomic mass is 79.9. The normalized spacial score (nSPS) is 12.2. The van der Waals surface area contributed by atoms with E-state index in [9.17, 15) is 0 Å². The van der Waals surface area contributed by atoms with Crippen LogP contribution < -0.4 is 10.5 Å². The van der Waals surface area contributed by atoms with E-state index >= 15 is 0 Å². The SMILES string of the molecule is CCC(N)Cc1ccc(OCc2ccccc2Br)c(Br)c1. The van der Waals surface area contributed by atoms with Crippen molar-refractivity contribution in [3.63, 3.8) is 0 Å². The van der Waals surface area contributed by atoms with Gasteiger partial charge in [-0.05, 0) is 52.5 Å². The number of hydrogen-bond acceptors (Lipinski definition) is 2. The minimum atomic E-state index is 0.212. The van der Waals surface area contributed by atoms with Gasteiger partial charge in [0, 0.05) is 16.1 Å². The van der Waals surface area contributed by atoms with Gasteiger partial charge < -0.3 is 10.5 Å². The Labute approximate surface area is 143 Å². The Morgan fingerprint density at radius 1 is 1.10 bits per heavy atom. The molecule has 2 nitrogen and oxygen atoms in total. The van der Waals surface area contributed by atoms with Crippen LogP contribution in [0, 0.1) is 0 Å². The maximum absolute atomic E-state index is 5.99. The van der Waals surface area contributed by atoms with Gasteiger partial charge in [0.25, 0.3) is 0 Å². The molecular weight excluding hydrogens is 394 g/mol. The molecule has 0 heterocycles.